The van der Waals surface area contributed by atoms with Gasteiger partial charge < -0.3 is 21.1 Å². The standard InChI is InChI=1S/C18H21N3O3S2/c1-9(19)14(25)8-24-11-3-4-15-12(7-11)16(10(2)26-15)18(23)21-13-5-6-20-17(13)22/h3-4,7,13,25H,5-6,8,19H2,1-2H3,(H,20,22)(H,21,23)/b14-9-. The van der Waals surface area contributed by atoms with Crippen molar-refractivity contribution in [2.24, 2.45) is 5.73 Å². The van der Waals surface area contributed by atoms with Crippen LogP contribution in [0.25, 0.3) is 10.1 Å². The Morgan fingerprint density at radius 3 is 2.92 bits per heavy atom. The monoisotopic (exact) mass is 391 g/mol. The highest BCUT2D eigenvalue weighted by atomic mass is 32.1. The molecule has 2 amide bonds. The fourth-order valence-electron chi connectivity index (χ4n) is 2.80. The summed E-state index contributed by atoms with van der Waals surface area (Å²) in [6.07, 6.45) is 0.607. The van der Waals surface area contributed by atoms with Gasteiger partial charge in [-0.1, -0.05) is 0 Å². The number of benzene rings is 1. The Morgan fingerprint density at radius 2 is 2.27 bits per heavy atom. The summed E-state index contributed by atoms with van der Waals surface area (Å²) in [4.78, 5) is 26.0. The minimum atomic E-state index is -0.472. The Bertz CT molecular complexity index is 900. The Kier molecular flexibility index (Phi) is 5.43. The third kappa shape index (κ3) is 3.81. The maximum atomic E-state index is 12.7. The number of allylic oxidation sites excluding steroid dienone is 1. The summed E-state index contributed by atoms with van der Waals surface area (Å²) in [6, 6.07) is 5.16. The van der Waals surface area contributed by atoms with Crippen molar-refractivity contribution < 1.29 is 14.3 Å². The summed E-state index contributed by atoms with van der Waals surface area (Å²) in [7, 11) is 0. The fraction of sp³-hybridized carbons (Fsp3) is 0.333. The number of thiophene rings is 1. The lowest BCUT2D eigenvalue weighted by atomic mass is 10.1. The number of hydrogen-bond acceptors (Lipinski definition) is 6. The lowest BCUT2D eigenvalue weighted by Crippen LogP contribution is -2.40. The van der Waals surface area contributed by atoms with Crippen LogP contribution in [0, 0.1) is 6.92 Å². The number of hydrogen-bond donors (Lipinski definition) is 4. The molecule has 3 rings (SSSR count). The van der Waals surface area contributed by atoms with Crippen LogP contribution in [-0.4, -0.2) is 31.0 Å². The quantitative estimate of drug-likeness (QED) is 0.589. The van der Waals surface area contributed by atoms with Crippen molar-refractivity contribution in [1.29, 1.82) is 0 Å². The average molecular weight is 392 g/mol. The van der Waals surface area contributed by atoms with Crippen LogP contribution >= 0.6 is 24.0 Å². The molecule has 0 spiro atoms. The fourth-order valence-corrected chi connectivity index (χ4v) is 3.90. The molecule has 1 aliphatic heterocycles. The second-order valence-electron chi connectivity index (χ2n) is 6.22. The number of thiol groups is 1. The first-order valence-corrected chi connectivity index (χ1v) is 9.52. The van der Waals surface area contributed by atoms with E-state index >= 15 is 0 Å². The molecule has 1 atom stereocenters. The van der Waals surface area contributed by atoms with E-state index < -0.39 is 6.04 Å². The minimum Gasteiger partial charge on any atom is -0.488 e. The van der Waals surface area contributed by atoms with Crippen molar-refractivity contribution in [3.63, 3.8) is 0 Å². The highest BCUT2D eigenvalue weighted by Crippen LogP contribution is 2.33. The van der Waals surface area contributed by atoms with Gasteiger partial charge in [-0.2, -0.15) is 0 Å². The van der Waals surface area contributed by atoms with E-state index in [1.807, 2.05) is 25.1 Å². The molecule has 0 aliphatic carbocycles. The predicted molar refractivity (Wildman–Crippen MR) is 107 cm³/mol. The van der Waals surface area contributed by atoms with Crippen LogP contribution < -0.4 is 21.1 Å². The summed E-state index contributed by atoms with van der Waals surface area (Å²) in [6.45, 7) is 4.52. The van der Waals surface area contributed by atoms with E-state index in [4.69, 9.17) is 10.5 Å². The van der Waals surface area contributed by atoms with E-state index in [0.717, 1.165) is 15.0 Å². The van der Waals surface area contributed by atoms with E-state index in [2.05, 4.69) is 23.3 Å². The normalized spacial score (nSPS) is 17.8. The number of fused-ring (bicyclic) bond motifs is 1. The Labute approximate surface area is 161 Å². The van der Waals surface area contributed by atoms with Crippen molar-refractivity contribution in [3.8, 4) is 5.75 Å². The van der Waals surface area contributed by atoms with Gasteiger partial charge in [-0.05, 0) is 38.5 Å². The molecule has 1 unspecified atom stereocenters. The van der Waals surface area contributed by atoms with E-state index in [1.165, 1.54) is 0 Å². The molecule has 0 saturated carbocycles. The second kappa shape index (κ2) is 7.59. The molecule has 1 saturated heterocycles. The Hall–Kier alpha value is -2.19. The van der Waals surface area contributed by atoms with Gasteiger partial charge in [-0.25, -0.2) is 0 Å². The van der Waals surface area contributed by atoms with Crippen LogP contribution in [0.5, 0.6) is 5.75 Å². The molecular formula is C18H21N3O3S2. The summed E-state index contributed by atoms with van der Waals surface area (Å²) in [5.74, 6) is 0.265. The van der Waals surface area contributed by atoms with Crippen LogP contribution in [0.3, 0.4) is 0 Å². The first-order valence-electron chi connectivity index (χ1n) is 8.25. The molecule has 1 aromatic carbocycles. The first kappa shape index (κ1) is 18.6. The zero-order chi connectivity index (χ0) is 18.8. The van der Waals surface area contributed by atoms with E-state index in [0.29, 0.717) is 34.9 Å². The average Bonchev–Trinajstić information content (AvgIpc) is 3.14. The van der Waals surface area contributed by atoms with Crippen molar-refractivity contribution in [1.82, 2.24) is 10.6 Å². The molecule has 2 aromatic rings. The van der Waals surface area contributed by atoms with Crippen molar-refractivity contribution >= 4 is 45.9 Å². The highest BCUT2D eigenvalue weighted by molar-refractivity contribution is 7.84. The van der Waals surface area contributed by atoms with Gasteiger partial charge in [0.05, 0.1) is 5.56 Å². The third-order valence-corrected chi connectivity index (χ3v) is 5.82. The zero-order valence-corrected chi connectivity index (χ0v) is 16.3. The van der Waals surface area contributed by atoms with Crippen LogP contribution in [0.4, 0.5) is 0 Å². The molecule has 1 aliphatic rings. The molecule has 138 valence electrons. The summed E-state index contributed by atoms with van der Waals surface area (Å²) < 4.78 is 6.72. The van der Waals surface area contributed by atoms with Gasteiger partial charge in [0.25, 0.3) is 5.91 Å². The van der Waals surface area contributed by atoms with E-state index in [1.54, 1.807) is 18.3 Å². The lowest BCUT2D eigenvalue weighted by molar-refractivity contribution is -0.120. The van der Waals surface area contributed by atoms with Gasteiger partial charge in [-0.3, -0.25) is 9.59 Å². The Balaban J connectivity index is 1.86. The number of carbonyl (C=O) groups is 2. The summed E-state index contributed by atoms with van der Waals surface area (Å²) in [5.41, 5.74) is 6.88. The van der Waals surface area contributed by atoms with Crippen molar-refractivity contribution in [2.75, 3.05) is 13.2 Å². The summed E-state index contributed by atoms with van der Waals surface area (Å²) >= 11 is 5.83. The zero-order valence-electron chi connectivity index (χ0n) is 14.6. The molecule has 26 heavy (non-hydrogen) atoms. The largest absolute Gasteiger partial charge is 0.488 e. The van der Waals surface area contributed by atoms with Crippen LogP contribution in [0.15, 0.2) is 28.8 Å². The number of nitrogens with two attached hydrogens (primary N) is 1. The molecule has 2 heterocycles. The topological polar surface area (TPSA) is 93.4 Å². The molecule has 1 aromatic heterocycles. The maximum Gasteiger partial charge on any atom is 0.253 e. The van der Waals surface area contributed by atoms with Crippen molar-refractivity contribution in [3.05, 3.63) is 39.2 Å². The molecule has 0 bridgehead atoms. The van der Waals surface area contributed by atoms with E-state index in [-0.39, 0.29) is 18.4 Å². The molecule has 1 fully saturated rings. The van der Waals surface area contributed by atoms with Crippen molar-refractivity contribution in [2.45, 2.75) is 26.3 Å². The molecule has 6 nitrogen and oxygen atoms in total. The smallest absolute Gasteiger partial charge is 0.253 e. The SMILES string of the molecule is C/C(N)=C(/S)COc1ccc2sc(C)c(C(=O)NC3CCNC3=O)c2c1. The Morgan fingerprint density at radius 1 is 1.50 bits per heavy atom. The van der Waals surface area contributed by atoms with Gasteiger partial charge in [-0.15, -0.1) is 24.0 Å². The van der Waals surface area contributed by atoms with Gasteiger partial charge >= 0.3 is 0 Å². The minimum absolute atomic E-state index is 0.134. The first-order chi connectivity index (χ1) is 12.4. The predicted octanol–water partition coefficient (Wildman–Crippen LogP) is 2.33. The summed E-state index contributed by atoms with van der Waals surface area (Å²) in [5, 5.41) is 6.37. The van der Waals surface area contributed by atoms with E-state index in [9.17, 15) is 9.59 Å². The van der Waals surface area contributed by atoms with Crippen LogP contribution in [0.2, 0.25) is 0 Å². The number of ether oxygens (including phenoxy) is 1. The van der Waals surface area contributed by atoms with Gasteiger partial charge in [0, 0.05) is 32.1 Å². The number of amides is 2. The molecular weight excluding hydrogens is 370 g/mol. The number of rotatable bonds is 5. The molecule has 4 N–H and O–H groups in total. The molecule has 0 radical (unpaired) electrons. The third-order valence-electron chi connectivity index (χ3n) is 4.25. The number of aryl methyl sites for hydroxylation is 1. The highest BCUT2D eigenvalue weighted by Gasteiger charge is 2.27. The van der Waals surface area contributed by atoms with Gasteiger partial charge in [0.2, 0.25) is 5.91 Å². The molecule has 8 heteroatoms. The van der Waals surface area contributed by atoms with Gasteiger partial charge in [0.1, 0.15) is 18.4 Å². The lowest BCUT2D eigenvalue weighted by Gasteiger charge is -2.11. The number of nitrogens with one attached hydrogen (secondary N) is 2. The number of carbonyl (C=O) groups excluding carboxylic acids is 2. The van der Waals surface area contributed by atoms with Crippen LogP contribution in [-0.2, 0) is 4.79 Å². The maximum absolute atomic E-state index is 12.7. The van der Waals surface area contributed by atoms with Gasteiger partial charge in [0.15, 0.2) is 0 Å². The van der Waals surface area contributed by atoms with Crippen LogP contribution in [0.1, 0.15) is 28.6 Å². The second-order valence-corrected chi connectivity index (χ2v) is 8.01.